The molecule has 0 aliphatic rings. The molecule has 3 aromatic carbocycles. The molecule has 0 unspecified atom stereocenters. The van der Waals surface area contributed by atoms with E-state index < -0.39 is 0 Å². The van der Waals surface area contributed by atoms with Gasteiger partial charge >= 0.3 is 5.97 Å². The van der Waals surface area contributed by atoms with Crippen LogP contribution in [0.2, 0.25) is 0 Å². The molecule has 0 spiro atoms. The van der Waals surface area contributed by atoms with Crippen molar-refractivity contribution < 1.29 is 14.3 Å². The lowest BCUT2D eigenvalue weighted by Gasteiger charge is -2.07. The van der Waals surface area contributed by atoms with Gasteiger partial charge in [0.1, 0.15) is 15.8 Å². The molecule has 4 rings (SSSR count). The molecule has 0 atom stereocenters. The minimum Gasteiger partial charge on any atom is -0.494 e. The predicted octanol–water partition coefficient (Wildman–Crippen LogP) is 6.89. The first-order chi connectivity index (χ1) is 16.2. The van der Waals surface area contributed by atoms with Crippen molar-refractivity contribution in [2.45, 2.75) is 26.2 Å². The van der Waals surface area contributed by atoms with E-state index in [0.29, 0.717) is 5.56 Å². The van der Waals surface area contributed by atoms with Crippen molar-refractivity contribution in [3.63, 3.8) is 0 Å². The molecule has 5 nitrogen and oxygen atoms in total. The van der Waals surface area contributed by atoms with Gasteiger partial charge in [-0.05, 0) is 41.8 Å². The summed E-state index contributed by atoms with van der Waals surface area (Å²) in [5, 5.41) is 10.3. The van der Waals surface area contributed by atoms with Gasteiger partial charge in [-0.15, -0.1) is 10.2 Å². The summed E-state index contributed by atoms with van der Waals surface area (Å²) < 4.78 is 10.5. The van der Waals surface area contributed by atoms with E-state index in [0.717, 1.165) is 51.0 Å². The third-order valence-corrected chi connectivity index (χ3v) is 6.34. The number of nitrogens with zero attached hydrogens (tertiary/aromatic N) is 2. The minimum atomic E-state index is -0.353. The summed E-state index contributed by atoms with van der Waals surface area (Å²) in [6.45, 7) is 2.96. The maximum absolute atomic E-state index is 11.6. The average molecular weight is 459 g/mol. The van der Waals surface area contributed by atoms with Crippen LogP contribution in [0.4, 0.5) is 0 Å². The van der Waals surface area contributed by atoms with Crippen molar-refractivity contribution in [3.05, 3.63) is 78.4 Å². The largest absolute Gasteiger partial charge is 0.494 e. The second-order valence-electron chi connectivity index (χ2n) is 7.64. The number of aromatic nitrogens is 2. The Hall–Kier alpha value is -3.51. The molecular weight excluding hydrogens is 432 g/mol. The highest BCUT2D eigenvalue weighted by Gasteiger charge is 2.11. The lowest BCUT2D eigenvalue weighted by molar-refractivity contribution is 0.0600. The molecular formula is C27H26N2O3S. The van der Waals surface area contributed by atoms with Crippen LogP contribution in [0.25, 0.3) is 32.3 Å². The summed E-state index contributed by atoms with van der Waals surface area (Å²) in [5.41, 5.74) is 4.73. The standard InChI is InChI=1S/C27H26N2O3S/c1-3-4-5-18-32-24-16-14-20(15-17-24)19-6-8-21(9-7-19)25-28-29-26(33-25)22-10-12-23(13-11-22)27(30)31-2/h6-17H,3-5,18H2,1-2H3. The molecule has 0 N–H and O–H groups in total. The second-order valence-corrected chi connectivity index (χ2v) is 8.62. The molecule has 0 aliphatic carbocycles. The van der Waals surface area contributed by atoms with E-state index in [1.165, 1.54) is 31.3 Å². The monoisotopic (exact) mass is 458 g/mol. The number of hydrogen-bond donors (Lipinski definition) is 0. The van der Waals surface area contributed by atoms with Crippen LogP contribution in [0, 0.1) is 0 Å². The molecule has 33 heavy (non-hydrogen) atoms. The molecule has 4 aromatic rings. The Balaban J connectivity index is 1.42. The van der Waals surface area contributed by atoms with Crippen LogP contribution in [-0.2, 0) is 4.74 Å². The van der Waals surface area contributed by atoms with Crippen LogP contribution in [0.3, 0.4) is 0 Å². The fraction of sp³-hybridized carbons (Fsp3) is 0.222. The van der Waals surface area contributed by atoms with Crippen molar-refractivity contribution in [2.24, 2.45) is 0 Å². The lowest BCUT2D eigenvalue weighted by Crippen LogP contribution is -2.00. The zero-order valence-corrected chi connectivity index (χ0v) is 19.6. The van der Waals surface area contributed by atoms with Crippen LogP contribution in [0.1, 0.15) is 36.5 Å². The number of carbonyl (C=O) groups excluding carboxylic acids is 1. The highest BCUT2D eigenvalue weighted by atomic mass is 32.1. The number of rotatable bonds is 9. The van der Waals surface area contributed by atoms with Crippen molar-refractivity contribution in [1.82, 2.24) is 10.2 Å². The third kappa shape index (κ3) is 5.65. The fourth-order valence-corrected chi connectivity index (χ4v) is 4.27. The summed E-state index contributed by atoms with van der Waals surface area (Å²) >= 11 is 1.52. The maximum atomic E-state index is 11.6. The van der Waals surface area contributed by atoms with Gasteiger partial charge in [0.2, 0.25) is 0 Å². The fourth-order valence-electron chi connectivity index (χ4n) is 3.41. The van der Waals surface area contributed by atoms with Crippen LogP contribution < -0.4 is 4.74 Å². The van der Waals surface area contributed by atoms with Gasteiger partial charge in [0, 0.05) is 11.1 Å². The van der Waals surface area contributed by atoms with Crippen LogP contribution >= 0.6 is 11.3 Å². The van der Waals surface area contributed by atoms with Crippen molar-refractivity contribution in [2.75, 3.05) is 13.7 Å². The van der Waals surface area contributed by atoms with Crippen LogP contribution in [-0.4, -0.2) is 29.9 Å². The number of esters is 1. The molecule has 0 aliphatic heterocycles. The van der Waals surface area contributed by atoms with E-state index in [1.807, 2.05) is 24.3 Å². The minimum absolute atomic E-state index is 0.353. The summed E-state index contributed by atoms with van der Waals surface area (Å²) in [6, 6.07) is 23.7. The molecule has 0 saturated heterocycles. The van der Waals surface area contributed by atoms with E-state index in [9.17, 15) is 4.79 Å². The van der Waals surface area contributed by atoms with Gasteiger partial charge in [-0.2, -0.15) is 0 Å². The summed E-state index contributed by atoms with van der Waals surface area (Å²) in [4.78, 5) is 11.6. The molecule has 6 heteroatoms. The Bertz CT molecular complexity index is 1180. The first-order valence-corrected chi connectivity index (χ1v) is 11.9. The van der Waals surface area contributed by atoms with Crippen molar-refractivity contribution in [3.8, 4) is 38.0 Å². The van der Waals surface area contributed by atoms with Gasteiger partial charge in [-0.3, -0.25) is 0 Å². The Morgan fingerprint density at radius 2 is 1.27 bits per heavy atom. The van der Waals surface area contributed by atoms with Gasteiger partial charge < -0.3 is 9.47 Å². The molecule has 0 bridgehead atoms. The number of ether oxygens (including phenoxy) is 2. The zero-order chi connectivity index (χ0) is 23.0. The first-order valence-electron chi connectivity index (χ1n) is 11.0. The van der Waals surface area contributed by atoms with Crippen LogP contribution in [0.5, 0.6) is 5.75 Å². The number of benzene rings is 3. The van der Waals surface area contributed by atoms with Crippen molar-refractivity contribution >= 4 is 17.3 Å². The second kappa shape index (κ2) is 10.9. The molecule has 1 heterocycles. The predicted molar refractivity (Wildman–Crippen MR) is 133 cm³/mol. The van der Waals surface area contributed by atoms with Gasteiger partial charge in [-0.25, -0.2) is 4.79 Å². The number of unbranched alkanes of at least 4 members (excludes halogenated alkanes) is 2. The molecule has 0 saturated carbocycles. The Morgan fingerprint density at radius 1 is 0.758 bits per heavy atom. The van der Waals surface area contributed by atoms with E-state index in [4.69, 9.17) is 9.47 Å². The third-order valence-electron chi connectivity index (χ3n) is 5.31. The topological polar surface area (TPSA) is 61.3 Å². The van der Waals surface area contributed by atoms with Gasteiger partial charge in [-0.1, -0.05) is 79.6 Å². The highest BCUT2D eigenvalue weighted by Crippen LogP contribution is 2.31. The molecule has 0 amide bonds. The maximum Gasteiger partial charge on any atom is 0.337 e. The number of methoxy groups -OCH3 is 1. The summed E-state index contributed by atoms with van der Waals surface area (Å²) in [7, 11) is 1.37. The Morgan fingerprint density at radius 3 is 1.82 bits per heavy atom. The van der Waals surface area contributed by atoms with Gasteiger partial charge in [0.05, 0.1) is 19.3 Å². The molecule has 1 aromatic heterocycles. The molecule has 0 radical (unpaired) electrons. The summed E-state index contributed by atoms with van der Waals surface area (Å²) in [6.07, 6.45) is 3.48. The Labute approximate surface area is 198 Å². The van der Waals surface area contributed by atoms with E-state index in [2.05, 4.69) is 53.5 Å². The number of hydrogen-bond acceptors (Lipinski definition) is 6. The quantitative estimate of drug-likeness (QED) is 0.202. The summed E-state index contributed by atoms with van der Waals surface area (Å²) in [5.74, 6) is 0.557. The first kappa shape index (κ1) is 22.7. The highest BCUT2D eigenvalue weighted by molar-refractivity contribution is 7.17. The zero-order valence-electron chi connectivity index (χ0n) is 18.8. The Kier molecular flexibility index (Phi) is 7.47. The van der Waals surface area contributed by atoms with Gasteiger partial charge in [0.15, 0.2) is 0 Å². The smallest absolute Gasteiger partial charge is 0.337 e. The molecule has 168 valence electrons. The van der Waals surface area contributed by atoms with Crippen LogP contribution in [0.15, 0.2) is 72.8 Å². The van der Waals surface area contributed by atoms with E-state index >= 15 is 0 Å². The van der Waals surface area contributed by atoms with Gasteiger partial charge in [0.25, 0.3) is 0 Å². The number of carbonyl (C=O) groups is 1. The van der Waals surface area contributed by atoms with E-state index in [-0.39, 0.29) is 5.97 Å². The SMILES string of the molecule is CCCCCOc1ccc(-c2ccc(-c3nnc(-c4ccc(C(=O)OC)cc4)s3)cc2)cc1. The lowest BCUT2D eigenvalue weighted by atomic mass is 10.0. The molecule has 0 fully saturated rings. The van der Waals surface area contributed by atoms with E-state index in [1.54, 1.807) is 12.1 Å². The normalized spacial score (nSPS) is 10.7. The average Bonchev–Trinajstić information content (AvgIpc) is 3.37. The van der Waals surface area contributed by atoms with Crippen molar-refractivity contribution in [1.29, 1.82) is 0 Å².